The van der Waals surface area contributed by atoms with Gasteiger partial charge in [0.05, 0.1) is 0 Å². The SMILES string of the molecule is C=CCC(CCCCCCCCCCCC)NN. The highest BCUT2D eigenvalue weighted by atomic mass is 15.2. The molecular formula is C16H34N2. The normalized spacial score (nSPS) is 12.6. The Morgan fingerprint density at radius 2 is 1.44 bits per heavy atom. The Morgan fingerprint density at radius 1 is 0.944 bits per heavy atom. The summed E-state index contributed by atoms with van der Waals surface area (Å²) in [6, 6.07) is 0.427. The molecule has 2 heteroatoms. The highest BCUT2D eigenvalue weighted by molar-refractivity contribution is 4.76. The molecule has 0 aromatic heterocycles. The predicted octanol–water partition coefficient (Wildman–Crippen LogP) is 4.71. The molecule has 0 aromatic rings. The van der Waals surface area contributed by atoms with E-state index in [1.54, 1.807) is 0 Å². The van der Waals surface area contributed by atoms with E-state index in [0.717, 1.165) is 6.42 Å². The van der Waals surface area contributed by atoms with Gasteiger partial charge < -0.3 is 0 Å². The van der Waals surface area contributed by atoms with E-state index in [2.05, 4.69) is 18.9 Å². The molecule has 0 rings (SSSR count). The lowest BCUT2D eigenvalue weighted by Gasteiger charge is -2.13. The highest BCUT2D eigenvalue weighted by Gasteiger charge is 2.02. The molecule has 0 aromatic carbocycles. The lowest BCUT2D eigenvalue weighted by Crippen LogP contribution is -2.34. The first-order chi connectivity index (χ1) is 8.85. The standard InChI is InChI=1S/C16H34N2/c1-3-5-6-7-8-9-10-11-12-13-15-16(18-17)14-4-2/h4,16,18H,2-3,5-15,17H2,1H3. The van der Waals surface area contributed by atoms with E-state index in [1.807, 2.05) is 6.08 Å². The van der Waals surface area contributed by atoms with Crippen LogP contribution in [-0.2, 0) is 0 Å². The van der Waals surface area contributed by atoms with Gasteiger partial charge in [-0.25, -0.2) is 0 Å². The second kappa shape index (κ2) is 14.7. The van der Waals surface area contributed by atoms with Crippen LogP contribution in [-0.4, -0.2) is 6.04 Å². The first kappa shape index (κ1) is 17.7. The molecule has 0 saturated heterocycles. The van der Waals surface area contributed by atoms with E-state index >= 15 is 0 Å². The Labute approximate surface area is 114 Å². The molecule has 3 N–H and O–H groups in total. The molecule has 1 unspecified atom stereocenters. The van der Waals surface area contributed by atoms with Crippen molar-refractivity contribution in [1.82, 2.24) is 5.43 Å². The van der Waals surface area contributed by atoms with E-state index in [9.17, 15) is 0 Å². The first-order valence-corrected chi connectivity index (χ1v) is 7.92. The molecule has 0 spiro atoms. The van der Waals surface area contributed by atoms with Crippen LogP contribution in [0.1, 0.15) is 84.0 Å². The van der Waals surface area contributed by atoms with E-state index in [4.69, 9.17) is 5.84 Å². The Balaban J connectivity index is 3.12. The Kier molecular flexibility index (Phi) is 14.4. The fourth-order valence-corrected chi connectivity index (χ4v) is 2.35. The van der Waals surface area contributed by atoms with Gasteiger partial charge in [-0.15, -0.1) is 6.58 Å². The number of hydrogen-bond acceptors (Lipinski definition) is 2. The van der Waals surface area contributed by atoms with Crippen LogP contribution in [0.25, 0.3) is 0 Å². The van der Waals surface area contributed by atoms with Crippen molar-refractivity contribution in [2.75, 3.05) is 0 Å². The molecular weight excluding hydrogens is 220 g/mol. The number of rotatable bonds is 14. The van der Waals surface area contributed by atoms with Gasteiger partial charge in [0, 0.05) is 6.04 Å². The van der Waals surface area contributed by atoms with Crippen LogP contribution in [0.4, 0.5) is 0 Å². The predicted molar refractivity (Wildman–Crippen MR) is 82.4 cm³/mol. The maximum atomic E-state index is 5.48. The maximum absolute atomic E-state index is 5.48. The van der Waals surface area contributed by atoms with Gasteiger partial charge in [0.25, 0.3) is 0 Å². The molecule has 0 aliphatic heterocycles. The third-order valence-electron chi connectivity index (χ3n) is 3.59. The summed E-state index contributed by atoms with van der Waals surface area (Å²) in [7, 11) is 0. The van der Waals surface area contributed by atoms with E-state index in [0.29, 0.717) is 6.04 Å². The molecule has 0 heterocycles. The zero-order valence-electron chi connectivity index (χ0n) is 12.4. The molecule has 0 aliphatic carbocycles. The molecule has 1 atom stereocenters. The van der Waals surface area contributed by atoms with Crippen molar-refractivity contribution in [3.05, 3.63) is 12.7 Å². The van der Waals surface area contributed by atoms with Crippen LogP contribution < -0.4 is 11.3 Å². The lowest BCUT2D eigenvalue weighted by atomic mass is 10.0. The van der Waals surface area contributed by atoms with E-state index in [-0.39, 0.29) is 0 Å². The monoisotopic (exact) mass is 254 g/mol. The molecule has 0 saturated carbocycles. The minimum absolute atomic E-state index is 0.427. The summed E-state index contributed by atoms with van der Waals surface area (Å²) in [6.45, 7) is 6.03. The summed E-state index contributed by atoms with van der Waals surface area (Å²) in [5.41, 5.74) is 2.86. The van der Waals surface area contributed by atoms with Gasteiger partial charge in [0.2, 0.25) is 0 Å². The van der Waals surface area contributed by atoms with Gasteiger partial charge in [-0.05, 0) is 12.8 Å². The van der Waals surface area contributed by atoms with Gasteiger partial charge in [-0.3, -0.25) is 11.3 Å². The zero-order chi connectivity index (χ0) is 13.5. The minimum Gasteiger partial charge on any atom is -0.271 e. The summed E-state index contributed by atoms with van der Waals surface area (Å²) in [5, 5.41) is 0. The number of hydrogen-bond donors (Lipinski definition) is 2. The van der Waals surface area contributed by atoms with Crippen LogP contribution in [0.3, 0.4) is 0 Å². The third-order valence-corrected chi connectivity index (χ3v) is 3.59. The highest BCUT2D eigenvalue weighted by Crippen LogP contribution is 2.12. The van der Waals surface area contributed by atoms with E-state index < -0.39 is 0 Å². The molecule has 0 bridgehead atoms. The number of nitrogens with one attached hydrogen (secondary N) is 1. The number of nitrogens with two attached hydrogens (primary N) is 1. The molecule has 0 amide bonds. The van der Waals surface area contributed by atoms with Crippen molar-refractivity contribution < 1.29 is 0 Å². The molecule has 18 heavy (non-hydrogen) atoms. The van der Waals surface area contributed by atoms with Crippen LogP contribution in [0.15, 0.2) is 12.7 Å². The quantitative estimate of drug-likeness (QED) is 0.204. The van der Waals surface area contributed by atoms with Crippen LogP contribution >= 0.6 is 0 Å². The average Bonchev–Trinajstić information content (AvgIpc) is 2.39. The third kappa shape index (κ3) is 12.1. The van der Waals surface area contributed by atoms with Crippen molar-refractivity contribution in [1.29, 1.82) is 0 Å². The Hall–Kier alpha value is -0.340. The van der Waals surface area contributed by atoms with Gasteiger partial charge in [0.15, 0.2) is 0 Å². The smallest absolute Gasteiger partial charge is 0.0244 e. The molecule has 108 valence electrons. The summed E-state index contributed by atoms with van der Waals surface area (Å²) in [5.74, 6) is 5.48. The van der Waals surface area contributed by atoms with Gasteiger partial charge in [-0.1, -0.05) is 77.2 Å². The average molecular weight is 254 g/mol. The second-order valence-corrected chi connectivity index (χ2v) is 5.36. The summed E-state index contributed by atoms with van der Waals surface area (Å²) in [4.78, 5) is 0. The van der Waals surface area contributed by atoms with Crippen LogP contribution in [0, 0.1) is 0 Å². The number of hydrazine groups is 1. The fraction of sp³-hybridized carbons (Fsp3) is 0.875. The van der Waals surface area contributed by atoms with Crippen molar-refractivity contribution in [2.45, 2.75) is 90.0 Å². The van der Waals surface area contributed by atoms with Crippen molar-refractivity contribution in [3.63, 3.8) is 0 Å². The molecule has 0 radical (unpaired) electrons. The Bertz CT molecular complexity index is 168. The zero-order valence-corrected chi connectivity index (χ0v) is 12.4. The first-order valence-electron chi connectivity index (χ1n) is 7.92. The summed E-state index contributed by atoms with van der Waals surface area (Å²) in [6.07, 6.45) is 18.0. The molecule has 2 nitrogen and oxygen atoms in total. The Morgan fingerprint density at radius 3 is 1.89 bits per heavy atom. The van der Waals surface area contributed by atoms with Crippen molar-refractivity contribution >= 4 is 0 Å². The summed E-state index contributed by atoms with van der Waals surface area (Å²) < 4.78 is 0. The lowest BCUT2D eigenvalue weighted by molar-refractivity contribution is 0.463. The summed E-state index contributed by atoms with van der Waals surface area (Å²) >= 11 is 0. The maximum Gasteiger partial charge on any atom is 0.0244 e. The number of unbranched alkanes of at least 4 members (excludes halogenated alkanes) is 9. The van der Waals surface area contributed by atoms with E-state index in [1.165, 1.54) is 70.6 Å². The topological polar surface area (TPSA) is 38.0 Å². The fourth-order valence-electron chi connectivity index (χ4n) is 2.35. The minimum atomic E-state index is 0.427. The second-order valence-electron chi connectivity index (χ2n) is 5.36. The van der Waals surface area contributed by atoms with Crippen molar-refractivity contribution in [3.8, 4) is 0 Å². The van der Waals surface area contributed by atoms with Crippen LogP contribution in [0.2, 0.25) is 0 Å². The van der Waals surface area contributed by atoms with Gasteiger partial charge in [-0.2, -0.15) is 0 Å². The van der Waals surface area contributed by atoms with Crippen molar-refractivity contribution in [2.24, 2.45) is 5.84 Å². The van der Waals surface area contributed by atoms with Gasteiger partial charge in [0.1, 0.15) is 0 Å². The molecule has 0 fully saturated rings. The largest absolute Gasteiger partial charge is 0.271 e. The van der Waals surface area contributed by atoms with Gasteiger partial charge >= 0.3 is 0 Å². The van der Waals surface area contributed by atoms with Crippen LogP contribution in [0.5, 0.6) is 0 Å². The molecule has 0 aliphatic rings.